The number of nitrogens with one attached hydrogen (secondary N) is 1. The van der Waals surface area contributed by atoms with Crippen molar-refractivity contribution in [1.82, 2.24) is 0 Å². The predicted octanol–water partition coefficient (Wildman–Crippen LogP) is 3.90. The van der Waals surface area contributed by atoms with Crippen LogP contribution in [0, 0.1) is 0 Å². The van der Waals surface area contributed by atoms with Crippen LogP contribution in [0.4, 0.5) is 5.69 Å². The van der Waals surface area contributed by atoms with Crippen LogP contribution in [0.2, 0.25) is 0 Å². The molecule has 2 aromatic carbocycles. The van der Waals surface area contributed by atoms with Gasteiger partial charge in [-0.15, -0.1) is 0 Å². The van der Waals surface area contributed by atoms with Crippen molar-refractivity contribution in [2.75, 3.05) is 18.5 Å². The zero-order chi connectivity index (χ0) is 16.6. The molecular weight excluding hydrogens is 302 g/mol. The van der Waals surface area contributed by atoms with Crippen LogP contribution < -0.4 is 10.1 Å². The van der Waals surface area contributed by atoms with Gasteiger partial charge in [0.15, 0.2) is 0 Å². The smallest absolute Gasteiger partial charge is 0.248 e. The van der Waals surface area contributed by atoms with Crippen molar-refractivity contribution >= 4 is 17.7 Å². The first-order valence-corrected chi connectivity index (χ1v) is 8.18. The third-order valence-electron chi connectivity index (χ3n) is 3.81. The Kier molecular flexibility index (Phi) is 5.64. The van der Waals surface area contributed by atoms with Crippen molar-refractivity contribution in [3.63, 3.8) is 0 Å². The molecule has 4 heteroatoms. The molecule has 1 aliphatic heterocycles. The summed E-state index contributed by atoms with van der Waals surface area (Å²) in [5.74, 6) is 0.621. The van der Waals surface area contributed by atoms with E-state index in [0.29, 0.717) is 6.61 Å². The highest BCUT2D eigenvalue weighted by atomic mass is 16.5. The molecule has 1 atom stereocenters. The third-order valence-corrected chi connectivity index (χ3v) is 3.81. The van der Waals surface area contributed by atoms with Crippen LogP contribution in [0.3, 0.4) is 0 Å². The summed E-state index contributed by atoms with van der Waals surface area (Å²) in [5.41, 5.74) is 1.73. The lowest BCUT2D eigenvalue weighted by Crippen LogP contribution is -2.16. The molecule has 0 aliphatic carbocycles. The van der Waals surface area contributed by atoms with Gasteiger partial charge in [-0.3, -0.25) is 4.79 Å². The second-order valence-corrected chi connectivity index (χ2v) is 5.70. The van der Waals surface area contributed by atoms with E-state index in [4.69, 9.17) is 9.47 Å². The predicted molar refractivity (Wildman–Crippen MR) is 95.0 cm³/mol. The zero-order valence-corrected chi connectivity index (χ0v) is 13.5. The number of rotatable bonds is 6. The Hall–Kier alpha value is -2.59. The minimum Gasteiger partial charge on any atom is -0.491 e. The average Bonchev–Trinajstić information content (AvgIpc) is 3.14. The summed E-state index contributed by atoms with van der Waals surface area (Å²) in [5, 5.41) is 2.83. The van der Waals surface area contributed by atoms with Crippen molar-refractivity contribution < 1.29 is 14.3 Å². The minimum atomic E-state index is -0.160. The fourth-order valence-electron chi connectivity index (χ4n) is 2.52. The summed E-state index contributed by atoms with van der Waals surface area (Å²) in [6, 6.07) is 17.1. The summed E-state index contributed by atoms with van der Waals surface area (Å²) >= 11 is 0. The molecule has 0 spiro atoms. The molecule has 2 aromatic rings. The molecule has 0 aromatic heterocycles. The monoisotopic (exact) mass is 323 g/mol. The molecule has 1 aliphatic rings. The van der Waals surface area contributed by atoms with E-state index in [1.807, 2.05) is 54.6 Å². The Bertz CT molecular complexity index is 674. The van der Waals surface area contributed by atoms with Crippen molar-refractivity contribution in [2.24, 2.45) is 0 Å². The second kappa shape index (κ2) is 8.31. The highest BCUT2D eigenvalue weighted by molar-refractivity contribution is 6.01. The van der Waals surface area contributed by atoms with Crippen molar-refractivity contribution in [3.05, 3.63) is 66.2 Å². The normalized spacial score (nSPS) is 17.1. The van der Waals surface area contributed by atoms with E-state index < -0.39 is 0 Å². The summed E-state index contributed by atoms with van der Waals surface area (Å²) in [6.07, 6.45) is 5.68. The topological polar surface area (TPSA) is 47.6 Å². The van der Waals surface area contributed by atoms with Crippen LogP contribution in [0.25, 0.3) is 6.08 Å². The molecule has 1 fully saturated rings. The maximum Gasteiger partial charge on any atom is 0.248 e. The number of ether oxygens (including phenoxy) is 2. The van der Waals surface area contributed by atoms with E-state index in [1.54, 1.807) is 6.08 Å². The molecule has 3 rings (SSSR count). The lowest BCUT2D eigenvalue weighted by atomic mass is 10.2. The van der Waals surface area contributed by atoms with Crippen molar-refractivity contribution in [3.8, 4) is 5.75 Å². The molecule has 1 saturated heterocycles. The number of amides is 1. The number of carbonyl (C=O) groups is 1. The number of anilines is 1. The van der Waals surface area contributed by atoms with E-state index in [2.05, 4.69) is 5.32 Å². The second-order valence-electron chi connectivity index (χ2n) is 5.70. The molecule has 0 unspecified atom stereocenters. The van der Waals surface area contributed by atoms with Crippen LogP contribution in [-0.4, -0.2) is 25.2 Å². The van der Waals surface area contributed by atoms with Crippen molar-refractivity contribution in [2.45, 2.75) is 18.9 Å². The summed E-state index contributed by atoms with van der Waals surface area (Å²) in [6.45, 7) is 1.40. The van der Waals surface area contributed by atoms with Crippen LogP contribution in [0.15, 0.2) is 60.7 Å². The van der Waals surface area contributed by atoms with Crippen LogP contribution in [0.5, 0.6) is 5.75 Å². The van der Waals surface area contributed by atoms with Gasteiger partial charge in [0.05, 0.1) is 6.10 Å². The number of hydrogen-bond acceptors (Lipinski definition) is 3. The molecule has 124 valence electrons. The Morgan fingerprint density at radius 2 is 1.96 bits per heavy atom. The highest BCUT2D eigenvalue weighted by Crippen LogP contribution is 2.18. The fourth-order valence-corrected chi connectivity index (χ4v) is 2.52. The molecule has 0 radical (unpaired) electrons. The SMILES string of the molecule is O=C(/C=C/c1ccccc1)Nc1ccc(OC[C@@H]2CCCO2)cc1. The standard InChI is InChI=1S/C20H21NO3/c22-20(13-8-16-5-2-1-3-6-16)21-17-9-11-18(12-10-17)24-15-19-7-4-14-23-19/h1-3,5-6,8-13,19H,4,7,14-15H2,(H,21,22)/b13-8+/t19-/m0/s1. The van der Waals surface area contributed by atoms with E-state index >= 15 is 0 Å². The zero-order valence-electron chi connectivity index (χ0n) is 13.5. The first-order chi connectivity index (χ1) is 11.8. The average molecular weight is 323 g/mol. The largest absolute Gasteiger partial charge is 0.491 e. The van der Waals surface area contributed by atoms with Crippen LogP contribution in [0.1, 0.15) is 18.4 Å². The summed E-state index contributed by atoms with van der Waals surface area (Å²) in [7, 11) is 0. The Balaban J connectivity index is 1.48. The Morgan fingerprint density at radius 1 is 1.17 bits per heavy atom. The number of hydrogen-bond donors (Lipinski definition) is 1. The van der Waals surface area contributed by atoms with Gasteiger partial charge in [-0.05, 0) is 48.7 Å². The van der Waals surface area contributed by atoms with Gasteiger partial charge in [0, 0.05) is 18.4 Å². The maximum atomic E-state index is 11.9. The Labute approximate surface area is 142 Å². The molecule has 4 nitrogen and oxygen atoms in total. The third kappa shape index (κ3) is 4.96. The highest BCUT2D eigenvalue weighted by Gasteiger charge is 2.15. The van der Waals surface area contributed by atoms with E-state index in [9.17, 15) is 4.79 Å². The fraction of sp³-hybridized carbons (Fsp3) is 0.250. The van der Waals surface area contributed by atoms with Gasteiger partial charge < -0.3 is 14.8 Å². The van der Waals surface area contributed by atoms with Gasteiger partial charge in [-0.2, -0.15) is 0 Å². The maximum absolute atomic E-state index is 11.9. The van der Waals surface area contributed by atoms with E-state index in [-0.39, 0.29) is 12.0 Å². The van der Waals surface area contributed by atoms with Gasteiger partial charge in [-0.25, -0.2) is 0 Å². The first kappa shape index (κ1) is 16.3. The number of benzene rings is 2. The molecule has 1 heterocycles. The molecule has 1 N–H and O–H groups in total. The lowest BCUT2D eigenvalue weighted by molar-refractivity contribution is -0.111. The van der Waals surface area contributed by atoms with Crippen molar-refractivity contribution in [1.29, 1.82) is 0 Å². The molecule has 1 amide bonds. The van der Waals surface area contributed by atoms with Gasteiger partial charge in [0.2, 0.25) is 5.91 Å². The Morgan fingerprint density at radius 3 is 2.67 bits per heavy atom. The lowest BCUT2D eigenvalue weighted by Gasteiger charge is -2.11. The summed E-state index contributed by atoms with van der Waals surface area (Å²) < 4.78 is 11.2. The minimum absolute atomic E-state index is 0.160. The summed E-state index contributed by atoms with van der Waals surface area (Å²) in [4.78, 5) is 11.9. The van der Waals surface area contributed by atoms with Gasteiger partial charge >= 0.3 is 0 Å². The molecular formula is C20H21NO3. The quantitative estimate of drug-likeness (QED) is 0.820. The van der Waals surface area contributed by atoms with Gasteiger partial charge in [0.1, 0.15) is 12.4 Å². The van der Waals surface area contributed by atoms with Gasteiger partial charge in [-0.1, -0.05) is 30.3 Å². The van der Waals surface area contributed by atoms with E-state index in [0.717, 1.165) is 36.4 Å². The molecule has 24 heavy (non-hydrogen) atoms. The van der Waals surface area contributed by atoms with Crippen LogP contribution in [-0.2, 0) is 9.53 Å². The molecule has 0 bridgehead atoms. The number of carbonyl (C=O) groups excluding carboxylic acids is 1. The molecule has 0 saturated carbocycles. The van der Waals surface area contributed by atoms with Crippen LogP contribution >= 0.6 is 0 Å². The van der Waals surface area contributed by atoms with E-state index in [1.165, 1.54) is 6.08 Å². The first-order valence-electron chi connectivity index (χ1n) is 8.18. The van der Waals surface area contributed by atoms with Gasteiger partial charge in [0.25, 0.3) is 0 Å².